The van der Waals surface area contributed by atoms with Crippen LogP contribution in [0.1, 0.15) is 17.2 Å². The first-order valence-electron chi connectivity index (χ1n) is 5.24. The zero-order chi connectivity index (χ0) is 13.1. The first-order chi connectivity index (χ1) is 8.63. The Morgan fingerprint density at radius 2 is 2.17 bits per heavy atom. The van der Waals surface area contributed by atoms with Crippen molar-refractivity contribution in [1.82, 2.24) is 4.98 Å². The van der Waals surface area contributed by atoms with E-state index in [2.05, 4.69) is 4.98 Å². The van der Waals surface area contributed by atoms with E-state index in [1.165, 1.54) is 31.6 Å². The Kier molecular flexibility index (Phi) is 3.79. The normalized spacial score (nSPS) is 12.2. The van der Waals surface area contributed by atoms with Crippen molar-refractivity contribution >= 4 is 11.6 Å². The lowest BCUT2D eigenvalue weighted by atomic mass is 10.0. The third kappa shape index (κ3) is 2.44. The van der Waals surface area contributed by atoms with Crippen molar-refractivity contribution < 1.29 is 14.2 Å². The van der Waals surface area contributed by atoms with Crippen LogP contribution >= 0.6 is 11.6 Å². The molecule has 1 unspecified atom stereocenters. The van der Waals surface area contributed by atoms with Gasteiger partial charge in [-0.2, -0.15) is 0 Å². The zero-order valence-electron chi connectivity index (χ0n) is 9.60. The molecule has 18 heavy (non-hydrogen) atoms. The smallest absolute Gasteiger partial charge is 0.147 e. The molecule has 2 rings (SSSR count). The van der Waals surface area contributed by atoms with E-state index < -0.39 is 11.9 Å². The minimum absolute atomic E-state index is 0.0256. The molecule has 0 bridgehead atoms. The van der Waals surface area contributed by atoms with E-state index in [1.807, 2.05) is 0 Å². The maximum Gasteiger partial charge on any atom is 0.147 e. The molecule has 94 valence electrons. The number of ether oxygens (including phenoxy) is 1. The van der Waals surface area contributed by atoms with Crippen molar-refractivity contribution in [1.29, 1.82) is 0 Å². The SMILES string of the molecule is COc1cncc(C(O)c2cccc(Cl)c2F)c1. The third-order valence-corrected chi connectivity index (χ3v) is 2.85. The first kappa shape index (κ1) is 12.8. The van der Waals surface area contributed by atoms with Crippen molar-refractivity contribution in [2.45, 2.75) is 6.10 Å². The van der Waals surface area contributed by atoms with Crippen molar-refractivity contribution in [2.75, 3.05) is 7.11 Å². The predicted molar refractivity (Wildman–Crippen MR) is 66.3 cm³/mol. The number of aliphatic hydroxyl groups is 1. The molecular formula is C13H11ClFNO2. The van der Waals surface area contributed by atoms with Gasteiger partial charge in [0.1, 0.15) is 17.7 Å². The average molecular weight is 268 g/mol. The zero-order valence-corrected chi connectivity index (χ0v) is 10.4. The summed E-state index contributed by atoms with van der Waals surface area (Å²) in [6.07, 6.45) is 1.82. The maximum atomic E-state index is 13.8. The summed E-state index contributed by atoms with van der Waals surface area (Å²) in [4.78, 5) is 3.91. The molecule has 2 aromatic rings. The molecule has 0 aliphatic rings. The number of hydrogen-bond acceptors (Lipinski definition) is 3. The minimum Gasteiger partial charge on any atom is -0.495 e. The van der Waals surface area contributed by atoms with E-state index in [-0.39, 0.29) is 10.6 Å². The van der Waals surface area contributed by atoms with Crippen LogP contribution in [0.25, 0.3) is 0 Å². The monoisotopic (exact) mass is 267 g/mol. The highest BCUT2D eigenvalue weighted by Gasteiger charge is 2.17. The number of methoxy groups -OCH3 is 1. The number of aromatic nitrogens is 1. The first-order valence-corrected chi connectivity index (χ1v) is 5.62. The van der Waals surface area contributed by atoms with Gasteiger partial charge in [-0.05, 0) is 12.1 Å². The van der Waals surface area contributed by atoms with E-state index >= 15 is 0 Å². The van der Waals surface area contributed by atoms with Crippen molar-refractivity contribution in [2.24, 2.45) is 0 Å². The van der Waals surface area contributed by atoms with Crippen molar-refractivity contribution in [3.05, 3.63) is 58.6 Å². The van der Waals surface area contributed by atoms with Crippen LogP contribution in [0.3, 0.4) is 0 Å². The van der Waals surface area contributed by atoms with Crippen LogP contribution in [0.15, 0.2) is 36.7 Å². The molecule has 1 atom stereocenters. The molecule has 0 saturated heterocycles. The number of hydrogen-bond donors (Lipinski definition) is 1. The molecule has 0 fully saturated rings. The molecule has 3 nitrogen and oxygen atoms in total. The van der Waals surface area contributed by atoms with Gasteiger partial charge in [0.25, 0.3) is 0 Å². The predicted octanol–water partition coefficient (Wildman–Crippen LogP) is 2.96. The summed E-state index contributed by atoms with van der Waals surface area (Å²) in [6.45, 7) is 0. The quantitative estimate of drug-likeness (QED) is 0.930. The number of halogens is 2. The number of nitrogens with zero attached hydrogens (tertiary/aromatic N) is 1. The highest BCUT2D eigenvalue weighted by molar-refractivity contribution is 6.30. The Morgan fingerprint density at radius 3 is 2.89 bits per heavy atom. The average Bonchev–Trinajstić information content (AvgIpc) is 2.41. The molecule has 1 heterocycles. The third-order valence-electron chi connectivity index (χ3n) is 2.56. The molecule has 1 N–H and O–H groups in total. The van der Waals surface area contributed by atoms with E-state index in [9.17, 15) is 9.50 Å². The highest BCUT2D eigenvalue weighted by atomic mass is 35.5. The number of benzene rings is 1. The van der Waals surface area contributed by atoms with Crippen LogP contribution in [-0.4, -0.2) is 17.2 Å². The number of pyridine rings is 1. The van der Waals surface area contributed by atoms with E-state index in [0.29, 0.717) is 11.3 Å². The number of rotatable bonds is 3. The van der Waals surface area contributed by atoms with E-state index in [4.69, 9.17) is 16.3 Å². The van der Waals surface area contributed by atoms with E-state index in [1.54, 1.807) is 12.1 Å². The van der Waals surface area contributed by atoms with Gasteiger partial charge in [-0.15, -0.1) is 0 Å². The Bertz CT molecular complexity index is 562. The molecule has 0 saturated carbocycles. The second-order valence-corrected chi connectivity index (χ2v) is 4.11. The lowest BCUT2D eigenvalue weighted by Gasteiger charge is -2.13. The fraction of sp³-hybridized carbons (Fsp3) is 0.154. The van der Waals surface area contributed by atoms with Crippen molar-refractivity contribution in [3.8, 4) is 5.75 Å². The molecular weight excluding hydrogens is 257 g/mol. The highest BCUT2D eigenvalue weighted by Crippen LogP contribution is 2.28. The van der Waals surface area contributed by atoms with Crippen LogP contribution < -0.4 is 4.74 Å². The molecule has 0 amide bonds. The molecule has 1 aromatic carbocycles. The lowest BCUT2D eigenvalue weighted by Crippen LogP contribution is -2.03. The van der Waals surface area contributed by atoms with Gasteiger partial charge in [-0.1, -0.05) is 23.7 Å². The second kappa shape index (κ2) is 5.33. The van der Waals surface area contributed by atoms with Gasteiger partial charge >= 0.3 is 0 Å². The summed E-state index contributed by atoms with van der Waals surface area (Å²) in [7, 11) is 1.49. The fourth-order valence-electron chi connectivity index (χ4n) is 1.61. The Morgan fingerprint density at radius 1 is 1.39 bits per heavy atom. The fourth-order valence-corrected chi connectivity index (χ4v) is 1.79. The minimum atomic E-state index is -1.13. The molecule has 5 heteroatoms. The van der Waals surface area contributed by atoms with Gasteiger partial charge in [-0.25, -0.2) is 4.39 Å². The molecule has 0 aliphatic heterocycles. The number of aliphatic hydroxyl groups excluding tert-OH is 1. The van der Waals surface area contributed by atoms with Crippen LogP contribution in [0.4, 0.5) is 4.39 Å². The van der Waals surface area contributed by atoms with Gasteiger partial charge < -0.3 is 9.84 Å². The summed E-state index contributed by atoms with van der Waals surface area (Å²) in [6, 6.07) is 6.08. The van der Waals surface area contributed by atoms with Gasteiger partial charge in [0.2, 0.25) is 0 Å². The van der Waals surface area contributed by atoms with Gasteiger partial charge in [0.05, 0.1) is 18.3 Å². The summed E-state index contributed by atoms with van der Waals surface area (Å²) >= 11 is 5.68. The van der Waals surface area contributed by atoms with Gasteiger partial charge in [0.15, 0.2) is 0 Å². The van der Waals surface area contributed by atoms with Crippen LogP contribution in [0.5, 0.6) is 5.75 Å². The summed E-state index contributed by atoms with van der Waals surface area (Å²) in [5.74, 6) is -0.136. The molecule has 0 spiro atoms. The summed E-state index contributed by atoms with van der Waals surface area (Å²) in [5, 5.41) is 10.1. The lowest BCUT2D eigenvalue weighted by molar-refractivity contribution is 0.214. The topological polar surface area (TPSA) is 42.4 Å². The molecule has 1 aromatic heterocycles. The van der Waals surface area contributed by atoms with Gasteiger partial charge in [0, 0.05) is 17.3 Å². The second-order valence-electron chi connectivity index (χ2n) is 3.70. The largest absolute Gasteiger partial charge is 0.495 e. The Balaban J connectivity index is 2.41. The Hall–Kier alpha value is -1.65. The molecule has 0 aliphatic carbocycles. The van der Waals surface area contributed by atoms with Crippen LogP contribution in [0, 0.1) is 5.82 Å². The van der Waals surface area contributed by atoms with Gasteiger partial charge in [-0.3, -0.25) is 4.98 Å². The summed E-state index contributed by atoms with van der Waals surface area (Å²) in [5.41, 5.74) is 0.549. The standard InChI is InChI=1S/C13H11ClFNO2/c1-18-9-5-8(6-16-7-9)13(17)10-3-2-4-11(14)12(10)15/h2-7,13,17H,1H3. The maximum absolute atomic E-state index is 13.8. The molecule has 0 radical (unpaired) electrons. The van der Waals surface area contributed by atoms with E-state index in [0.717, 1.165) is 0 Å². The van der Waals surface area contributed by atoms with Crippen molar-refractivity contribution in [3.63, 3.8) is 0 Å². The summed E-state index contributed by atoms with van der Waals surface area (Å²) < 4.78 is 18.8. The van der Waals surface area contributed by atoms with Crippen LogP contribution in [-0.2, 0) is 0 Å². The van der Waals surface area contributed by atoms with Crippen LogP contribution in [0.2, 0.25) is 5.02 Å². The Labute approximate surface area is 109 Å².